The van der Waals surface area contributed by atoms with E-state index in [0.29, 0.717) is 12.1 Å². The topological polar surface area (TPSA) is 49.3 Å². The van der Waals surface area contributed by atoms with Crippen molar-refractivity contribution in [1.29, 1.82) is 0 Å². The van der Waals surface area contributed by atoms with Crippen LogP contribution in [0.2, 0.25) is 0 Å². The molecular formula is C12H16FNO2S. The van der Waals surface area contributed by atoms with E-state index in [0.717, 1.165) is 4.90 Å². The maximum absolute atomic E-state index is 13.0. The Morgan fingerprint density at radius 3 is 2.88 bits per heavy atom. The van der Waals surface area contributed by atoms with Crippen molar-refractivity contribution in [3.8, 4) is 0 Å². The van der Waals surface area contributed by atoms with E-state index >= 15 is 0 Å². The molecule has 1 rings (SSSR count). The van der Waals surface area contributed by atoms with Gasteiger partial charge in [0.1, 0.15) is 5.82 Å². The van der Waals surface area contributed by atoms with Gasteiger partial charge in [-0.3, -0.25) is 4.79 Å². The lowest BCUT2D eigenvalue weighted by Gasteiger charge is -2.11. The van der Waals surface area contributed by atoms with Gasteiger partial charge >= 0.3 is 0 Å². The molecule has 0 saturated carbocycles. The zero-order valence-electron chi connectivity index (χ0n) is 9.87. The fourth-order valence-electron chi connectivity index (χ4n) is 1.37. The van der Waals surface area contributed by atoms with E-state index in [-0.39, 0.29) is 17.5 Å². The molecule has 17 heavy (non-hydrogen) atoms. The maximum Gasteiger partial charge on any atom is 0.230 e. The molecule has 2 N–H and O–H groups in total. The van der Waals surface area contributed by atoms with Gasteiger partial charge in [0.25, 0.3) is 0 Å². The van der Waals surface area contributed by atoms with Crippen molar-refractivity contribution < 1.29 is 14.3 Å². The first-order valence-corrected chi connectivity index (χ1v) is 6.40. The van der Waals surface area contributed by atoms with Crippen LogP contribution in [0.1, 0.15) is 25.5 Å². The van der Waals surface area contributed by atoms with Crippen molar-refractivity contribution in [3.05, 3.63) is 29.6 Å². The highest BCUT2D eigenvalue weighted by Crippen LogP contribution is 2.28. The summed E-state index contributed by atoms with van der Waals surface area (Å²) in [6.45, 7) is 4.01. The van der Waals surface area contributed by atoms with E-state index < -0.39 is 6.10 Å². The molecule has 94 valence electrons. The predicted octanol–water partition coefficient (Wildman–Crippen LogP) is 2.11. The lowest BCUT2D eigenvalue weighted by molar-refractivity contribution is -0.118. The Bertz CT molecular complexity index is 396. The quantitative estimate of drug-likeness (QED) is 0.794. The number of hydrogen-bond acceptors (Lipinski definition) is 3. The Labute approximate surface area is 104 Å². The highest BCUT2D eigenvalue weighted by Gasteiger charge is 2.11. The molecule has 0 unspecified atom stereocenters. The molecule has 0 saturated heterocycles. The minimum absolute atomic E-state index is 0.0710. The van der Waals surface area contributed by atoms with Crippen LogP contribution in [-0.2, 0) is 4.79 Å². The van der Waals surface area contributed by atoms with Gasteiger partial charge in [-0.1, -0.05) is 0 Å². The molecule has 5 heteroatoms. The zero-order valence-corrected chi connectivity index (χ0v) is 10.7. The van der Waals surface area contributed by atoms with E-state index in [1.165, 1.54) is 23.9 Å². The number of carbonyl (C=O) groups is 1. The van der Waals surface area contributed by atoms with Gasteiger partial charge in [0.15, 0.2) is 0 Å². The number of halogens is 1. The number of nitrogens with one attached hydrogen (secondary N) is 1. The minimum atomic E-state index is -0.748. The van der Waals surface area contributed by atoms with Gasteiger partial charge in [-0.2, -0.15) is 0 Å². The standard InChI is InChI=1S/C12H16FNO2S/c1-3-14-12(16)7-17-11-5-4-9(13)6-10(11)8(2)15/h4-6,8,15H,3,7H2,1-2H3,(H,14,16)/t8-/m1/s1. The normalized spacial score (nSPS) is 12.2. The van der Waals surface area contributed by atoms with Gasteiger partial charge < -0.3 is 10.4 Å². The van der Waals surface area contributed by atoms with E-state index in [1.807, 2.05) is 6.92 Å². The first-order chi connectivity index (χ1) is 8.04. The molecule has 0 heterocycles. The molecule has 1 aromatic rings. The summed E-state index contributed by atoms with van der Waals surface area (Å²) in [5, 5.41) is 12.2. The van der Waals surface area contributed by atoms with Gasteiger partial charge in [0.05, 0.1) is 11.9 Å². The van der Waals surface area contributed by atoms with Crippen molar-refractivity contribution in [1.82, 2.24) is 5.32 Å². The molecule has 3 nitrogen and oxygen atoms in total. The molecule has 1 amide bonds. The Morgan fingerprint density at radius 1 is 1.59 bits per heavy atom. The second-order valence-electron chi connectivity index (χ2n) is 3.60. The summed E-state index contributed by atoms with van der Waals surface area (Å²) < 4.78 is 13.0. The summed E-state index contributed by atoms with van der Waals surface area (Å²) >= 11 is 1.29. The molecule has 0 aliphatic heterocycles. The van der Waals surface area contributed by atoms with Crippen molar-refractivity contribution in [2.45, 2.75) is 24.8 Å². The summed E-state index contributed by atoms with van der Waals surface area (Å²) in [6.07, 6.45) is -0.748. The minimum Gasteiger partial charge on any atom is -0.389 e. The number of carbonyl (C=O) groups excluding carboxylic acids is 1. The first-order valence-electron chi connectivity index (χ1n) is 5.41. The van der Waals surface area contributed by atoms with Crippen molar-refractivity contribution >= 4 is 17.7 Å². The number of aliphatic hydroxyl groups is 1. The van der Waals surface area contributed by atoms with Crippen LogP contribution in [0.3, 0.4) is 0 Å². The molecular weight excluding hydrogens is 241 g/mol. The van der Waals surface area contributed by atoms with Gasteiger partial charge in [0.2, 0.25) is 5.91 Å². The number of thioether (sulfide) groups is 1. The molecule has 0 radical (unpaired) electrons. The molecule has 0 fully saturated rings. The SMILES string of the molecule is CCNC(=O)CSc1ccc(F)cc1[C@@H](C)O. The molecule has 0 bridgehead atoms. The van der Waals surface area contributed by atoms with Crippen LogP contribution in [0.4, 0.5) is 4.39 Å². The van der Waals surface area contributed by atoms with Crippen LogP contribution in [0.25, 0.3) is 0 Å². The fraction of sp³-hybridized carbons (Fsp3) is 0.417. The highest BCUT2D eigenvalue weighted by molar-refractivity contribution is 8.00. The van der Waals surface area contributed by atoms with Crippen LogP contribution in [0.15, 0.2) is 23.1 Å². The van der Waals surface area contributed by atoms with Crippen LogP contribution in [0.5, 0.6) is 0 Å². The zero-order chi connectivity index (χ0) is 12.8. The van der Waals surface area contributed by atoms with Gasteiger partial charge in [-0.15, -0.1) is 11.8 Å². The first kappa shape index (κ1) is 14.0. The van der Waals surface area contributed by atoms with Gasteiger partial charge in [0, 0.05) is 11.4 Å². The smallest absolute Gasteiger partial charge is 0.230 e. The largest absolute Gasteiger partial charge is 0.389 e. The number of amides is 1. The van der Waals surface area contributed by atoms with Crippen molar-refractivity contribution in [2.75, 3.05) is 12.3 Å². The third kappa shape index (κ3) is 4.36. The molecule has 1 atom stereocenters. The Morgan fingerprint density at radius 2 is 2.29 bits per heavy atom. The summed E-state index contributed by atoms with van der Waals surface area (Å²) in [5.41, 5.74) is 0.513. The molecule has 0 spiro atoms. The second-order valence-corrected chi connectivity index (χ2v) is 4.62. The average molecular weight is 257 g/mol. The van der Waals surface area contributed by atoms with E-state index in [4.69, 9.17) is 0 Å². The second kappa shape index (κ2) is 6.61. The molecule has 0 aromatic heterocycles. The van der Waals surface area contributed by atoms with Crippen LogP contribution in [0, 0.1) is 5.82 Å². The van der Waals surface area contributed by atoms with E-state index in [2.05, 4.69) is 5.32 Å². The summed E-state index contributed by atoms with van der Waals surface area (Å²) in [6, 6.07) is 4.21. The number of hydrogen-bond donors (Lipinski definition) is 2. The molecule has 0 aliphatic rings. The summed E-state index contributed by atoms with van der Waals surface area (Å²) in [4.78, 5) is 12.0. The molecule has 1 aromatic carbocycles. The fourth-order valence-corrected chi connectivity index (χ4v) is 2.32. The van der Waals surface area contributed by atoms with Crippen molar-refractivity contribution in [3.63, 3.8) is 0 Å². The number of benzene rings is 1. The highest BCUT2D eigenvalue weighted by atomic mass is 32.2. The van der Waals surface area contributed by atoms with Gasteiger partial charge in [-0.05, 0) is 37.6 Å². The van der Waals surface area contributed by atoms with E-state index in [9.17, 15) is 14.3 Å². The third-order valence-electron chi connectivity index (χ3n) is 2.15. The van der Waals surface area contributed by atoms with Crippen LogP contribution in [-0.4, -0.2) is 23.3 Å². The van der Waals surface area contributed by atoms with Crippen molar-refractivity contribution in [2.24, 2.45) is 0 Å². The maximum atomic E-state index is 13.0. The van der Waals surface area contributed by atoms with Gasteiger partial charge in [-0.25, -0.2) is 4.39 Å². The Balaban J connectivity index is 2.73. The Hall–Kier alpha value is -1.07. The van der Waals surface area contributed by atoms with Crippen LogP contribution < -0.4 is 5.32 Å². The average Bonchev–Trinajstić information content (AvgIpc) is 2.27. The number of aliphatic hydroxyl groups excluding tert-OH is 1. The third-order valence-corrected chi connectivity index (χ3v) is 3.24. The monoisotopic (exact) mass is 257 g/mol. The summed E-state index contributed by atoms with van der Waals surface area (Å²) in [5.74, 6) is -0.194. The number of rotatable bonds is 5. The molecule has 0 aliphatic carbocycles. The summed E-state index contributed by atoms with van der Waals surface area (Å²) in [7, 11) is 0. The lowest BCUT2D eigenvalue weighted by atomic mass is 10.1. The van der Waals surface area contributed by atoms with E-state index in [1.54, 1.807) is 13.0 Å². The predicted molar refractivity (Wildman–Crippen MR) is 66.4 cm³/mol. The lowest BCUT2D eigenvalue weighted by Crippen LogP contribution is -2.24. The van der Waals surface area contributed by atoms with Crippen LogP contribution >= 0.6 is 11.8 Å². The Kier molecular flexibility index (Phi) is 5.44.